The monoisotopic (exact) mass is 177 g/mol. The summed E-state index contributed by atoms with van der Waals surface area (Å²) in [6.07, 6.45) is 5.51. The van der Waals surface area contributed by atoms with E-state index in [9.17, 15) is 0 Å². The number of hydrogen-bond acceptors (Lipinski definition) is 2. The smallest absolute Gasteiger partial charge is 0.0537 e. The van der Waals surface area contributed by atoms with E-state index in [1.165, 1.54) is 0 Å². The zero-order valence-corrected chi connectivity index (χ0v) is 8.12. The minimum atomic E-state index is 0.0644. The van der Waals surface area contributed by atoms with Gasteiger partial charge in [-0.15, -0.1) is 11.8 Å². The first-order valence-electron chi connectivity index (χ1n) is 4.37. The third kappa shape index (κ3) is 2.92. The fourth-order valence-corrected chi connectivity index (χ4v) is 1.15. The maximum atomic E-state index is 5.93. The van der Waals surface area contributed by atoms with Crippen LogP contribution in [0.1, 0.15) is 31.4 Å². The summed E-state index contributed by atoms with van der Waals surface area (Å²) in [7, 11) is 1.89. The van der Waals surface area contributed by atoms with E-state index in [1.54, 1.807) is 4.68 Å². The molecule has 1 heterocycles. The van der Waals surface area contributed by atoms with Gasteiger partial charge in [-0.05, 0) is 13.3 Å². The van der Waals surface area contributed by atoms with E-state index >= 15 is 0 Å². The summed E-state index contributed by atoms with van der Waals surface area (Å²) in [5, 5.41) is 4.07. The molecule has 3 heteroatoms. The Bertz CT molecular complexity index is 316. The first-order chi connectivity index (χ1) is 6.24. The second-order valence-electron chi connectivity index (χ2n) is 3.02. The van der Waals surface area contributed by atoms with Gasteiger partial charge in [-0.25, -0.2) is 0 Å². The average Bonchev–Trinajstić information content (AvgIpc) is 2.52. The van der Waals surface area contributed by atoms with Crippen LogP contribution in [-0.2, 0) is 7.05 Å². The lowest BCUT2D eigenvalue weighted by Crippen LogP contribution is -2.08. The highest BCUT2D eigenvalue weighted by Crippen LogP contribution is 2.13. The summed E-state index contributed by atoms with van der Waals surface area (Å²) in [5.74, 6) is 5.85. The Morgan fingerprint density at radius 1 is 1.69 bits per heavy atom. The second-order valence-corrected chi connectivity index (χ2v) is 3.02. The molecular formula is C10H15N3. The Morgan fingerprint density at radius 3 is 3.00 bits per heavy atom. The third-order valence-electron chi connectivity index (χ3n) is 1.91. The predicted molar refractivity (Wildman–Crippen MR) is 52.8 cm³/mol. The summed E-state index contributed by atoms with van der Waals surface area (Å²) in [4.78, 5) is 0. The highest BCUT2D eigenvalue weighted by Gasteiger charge is 2.06. The van der Waals surface area contributed by atoms with E-state index < -0.39 is 0 Å². The van der Waals surface area contributed by atoms with Crippen LogP contribution in [0.5, 0.6) is 0 Å². The number of aryl methyl sites for hydroxylation is 1. The highest BCUT2D eigenvalue weighted by molar-refractivity contribution is 5.10. The van der Waals surface area contributed by atoms with Crippen LogP contribution in [0.25, 0.3) is 0 Å². The van der Waals surface area contributed by atoms with E-state index in [4.69, 9.17) is 5.73 Å². The minimum absolute atomic E-state index is 0.0644. The molecule has 0 aromatic carbocycles. The number of nitrogens with two attached hydrogens (primary N) is 1. The van der Waals surface area contributed by atoms with Gasteiger partial charge in [-0.2, -0.15) is 5.10 Å². The highest BCUT2D eigenvalue weighted by atomic mass is 15.2. The van der Waals surface area contributed by atoms with Crippen LogP contribution in [0.3, 0.4) is 0 Å². The Kier molecular flexibility index (Phi) is 3.53. The first-order valence-corrected chi connectivity index (χ1v) is 4.37. The van der Waals surface area contributed by atoms with E-state index in [1.807, 2.05) is 26.4 Å². The fourth-order valence-electron chi connectivity index (χ4n) is 1.15. The van der Waals surface area contributed by atoms with Crippen LogP contribution in [-0.4, -0.2) is 9.78 Å². The third-order valence-corrected chi connectivity index (χ3v) is 1.91. The molecule has 0 amide bonds. The Morgan fingerprint density at radius 2 is 2.46 bits per heavy atom. The van der Waals surface area contributed by atoms with Crippen molar-refractivity contribution < 1.29 is 0 Å². The zero-order chi connectivity index (χ0) is 9.68. The molecule has 0 saturated carbocycles. The number of rotatable bonds is 3. The minimum Gasteiger partial charge on any atom is -0.324 e. The lowest BCUT2D eigenvalue weighted by molar-refractivity contribution is 0.666. The lowest BCUT2D eigenvalue weighted by atomic mass is 10.1. The molecule has 0 radical (unpaired) electrons. The molecule has 1 unspecified atom stereocenters. The SMILES string of the molecule is CC#CCCC(N)c1cnn(C)c1. The van der Waals surface area contributed by atoms with Crippen molar-refractivity contribution in [1.82, 2.24) is 9.78 Å². The normalized spacial score (nSPS) is 11.9. The molecule has 1 rings (SSSR count). The van der Waals surface area contributed by atoms with Crippen molar-refractivity contribution in [2.75, 3.05) is 0 Å². The van der Waals surface area contributed by atoms with E-state index in [-0.39, 0.29) is 6.04 Å². The van der Waals surface area contributed by atoms with Crippen LogP contribution in [0, 0.1) is 11.8 Å². The van der Waals surface area contributed by atoms with Crippen molar-refractivity contribution in [2.24, 2.45) is 12.8 Å². The maximum Gasteiger partial charge on any atom is 0.0537 e. The topological polar surface area (TPSA) is 43.8 Å². The van der Waals surface area contributed by atoms with Crippen molar-refractivity contribution >= 4 is 0 Å². The Balaban J connectivity index is 2.47. The van der Waals surface area contributed by atoms with Crippen molar-refractivity contribution in [1.29, 1.82) is 0 Å². The van der Waals surface area contributed by atoms with Gasteiger partial charge >= 0.3 is 0 Å². The van der Waals surface area contributed by atoms with Gasteiger partial charge in [0.05, 0.1) is 6.20 Å². The van der Waals surface area contributed by atoms with Gasteiger partial charge in [0.2, 0.25) is 0 Å². The van der Waals surface area contributed by atoms with E-state index in [0.717, 1.165) is 18.4 Å². The summed E-state index contributed by atoms with van der Waals surface area (Å²) in [5.41, 5.74) is 7.01. The van der Waals surface area contributed by atoms with Crippen LogP contribution >= 0.6 is 0 Å². The van der Waals surface area contributed by atoms with Crippen molar-refractivity contribution in [2.45, 2.75) is 25.8 Å². The maximum absolute atomic E-state index is 5.93. The van der Waals surface area contributed by atoms with E-state index in [0.29, 0.717) is 0 Å². The van der Waals surface area contributed by atoms with Crippen LogP contribution in [0.4, 0.5) is 0 Å². The molecule has 1 atom stereocenters. The number of aromatic nitrogens is 2. The molecule has 0 spiro atoms. The average molecular weight is 177 g/mol. The lowest BCUT2D eigenvalue weighted by Gasteiger charge is -2.05. The van der Waals surface area contributed by atoms with E-state index in [2.05, 4.69) is 16.9 Å². The fraction of sp³-hybridized carbons (Fsp3) is 0.500. The largest absolute Gasteiger partial charge is 0.324 e. The van der Waals surface area contributed by atoms with Gasteiger partial charge in [0.25, 0.3) is 0 Å². The molecule has 70 valence electrons. The second kappa shape index (κ2) is 4.68. The van der Waals surface area contributed by atoms with Gasteiger partial charge in [0.15, 0.2) is 0 Å². The molecule has 0 saturated heterocycles. The number of hydrogen-bond donors (Lipinski definition) is 1. The standard InChI is InChI=1S/C10H15N3/c1-3-4-5-6-10(11)9-7-12-13(2)8-9/h7-8,10H,5-6,11H2,1-2H3. The predicted octanol–water partition coefficient (Wildman–Crippen LogP) is 1.22. The quantitative estimate of drug-likeness (QED) is 0.705. The van der Waals surface area contributed by atoms with Gasteiger partial charge in [0, 0.05) is 31.3 Å². The molecule has 2 N–H and O–H groups in total. The Labute approximate surface area is 78.9 Å². The zero-order valence-electron chi connectivity index (χ0n) is 8.12. The molecule has 3 nitrogen and oxygen atoms in total. The summed E-state index contributed by atoms with van der Waals surface area (Å²) >= 11 is 0. The molecule has 0 aliphatic rings. The molecule has 0 fully saturated rings. The van der Waals surface area contributed by atoms with Gasteiger partial charge < -0.3 is 5.73 Å². The van der Waals surface area contributed by atoms with Crippen LogP contribution in [0.15, 0.2) is 12.4 Å². The molecule has 13 heavy (non-hydrogen) atoms. The summed E-state index contributed by atoms with van der Waals surface area (Å²) in [6, 6.07) is 0.0644. The van der Waals surface area contributed by atoms with Crippen molar-refractivity contribution in [3.05, 3.63) is 18.0 Å². The summed E-state index contributed by atoms with van der Waals surface area (Å²) in [6.45, 7) is 1.84. The molecule has 0 aliphatic heterocycles. The molecular weight excluding hydrogens is 162 g/mol. The molecule has 0 aliphatic carbocycles. The molecule has 0 bridgehead atoms. The van der Waals surface area contributed by atoms with Gasteiger partial charge in [-0.1, -0.05) is 0 Å². The van der Waals surface area contributed by atoms with Crippen molar-refractivity contribution in [3.63, 3.8) is 0 Å². The molecule has 1 aromatic rings. The number of nitrogens with zero attached hydrogens (tertiary/aromatic N) is 2. The van der Waals surface area contributed by atoms with Crippen LogP contribution < -0.4 is 5.73 Å². The Hall–Kier alpha value is -1.27. The molecule has 1 aromatic heterocycles. The van der Waals surface area contributed by atoms with Gasteiger partial charge in [-0.3, -0.25) is 4.68 Å². The van der Waals surface area contributed by atoms with Crippen LogP contribution in [0.2, 0.25) is 0 Å². The van der Waals surface area contributed by atoms with Gasteiger partial charge in [0.1, 0.15) is 0 Å². The summed E-state index contributed by atoms with van der Waals surface area (Å²) < 4.78 is 1.76. The van der Waals surface area contributed by atoms with Crippen molar-refractivity contribution in [3.8, 4) is 11.8 Å². The first kappa shape index (κ1) is 9.82.